The molecule has 12 heavy (non-hydrogen) atoms. The Morgan fingerprint density at radius 3 is 2.33 bits per heavy atom. The van der Waals surface area contributed by atoms with Crippen LogP contribution in [-0.2, 0) is 9.59 Å². The van der Waals surface area contributed by atoms with Gasteiger partial charge in [-0.15, -0.1) is 12.4 Å². The van der Waals surface area contributed by atoms with E-state index in [-0.39, 0.29) is 30.6 Å². The van der Waals surface area contributed by atoms with E-state index in [1.54, 1.807) is 6.92 Å². The van der Waals surface area contributed by atoms with Crippen molar-refractivity contribution >= 4 is 24.2 Å². The Labute approximate surface area is 77.4 Å². The molecule has 0 bridgehead atoms. The van der Waals surface area contributed by atoms with E-state index in [9.17, 15) is 9.59 Å². The minimum Gasteiger partial charge on any atom is -0.356 e. The Kier molecular flexibility index (Phi) is 9.50. The van der Waals surface area contributed by atoms with E-state index in [0.29, 0.717) is 13.0 Å². The molecule has 6 heteroatoms. The highest BCUT2D eigenvalue weighted by Crippen LogP contribution is 1.78. The predicted octanol–water partition coefficient (Wildman–Crippen LogP) is -0.686. The van der Waals surface area contributed by atoms with Crippen molar-refractivity contribution in [2.24, 2.45) is 5.84 Å². The number of nitrogens with two attached hydrogens (primary N) is 1. The quantitative estimate of drug-likeness (QED) is 0.316. The molecule has 0 aromatic carbocycles. The molecular formula is C6H14ClN3O2. The lowest BCUT2D eigenvalue weighted by Gasteiger charge is -2.01. The van der Waals surface area contributed by atoms with Crippen molar-refractivity contribution in [1.82, 2.24) is 10.7 Å². The molecule has 0 atom stereocenters. The Balaban J connectivity index is 0. The lowest BCUT2D eigenvalue weighted by atomic mass is 10.4. The summed E-state index contributed by atoms with van der Waals surface area (Å²) < 4.78 is 0. The summed E-state index contributed by atoms with van der Waals surface area (Å²) in [5.41, 5.74) is 1.97. The predicted molar refractivity (Wildman–Crippen MR) is 47.5 cm³/mol. The second kappa shape index (κ2) is 8.29. The average Bonchev–Trinajstić information content (AvgIpc) is 2.04. The van der Waals surface area contributed by atoms with Crippen LogP contribution in [-0.4, -0.2) is 18.4 Å². The van der Waals surface area contributed by atoms with Gasteiger partial charge in [0.15, 0.2) is 0 Å². The summed E-state index contributed by atoms with van der Waals surface area (Å²) in [5.74, 6) is 4.47. The monoisotopic (exact) mass is 195 g/mol. The molecule has 0 aromatic heterocycles. The van der Waals surface area contributed by atoms with Gasteiger partial charge in [-0.2, -0.15) is 0 Å². The third-order valence-electron chi connectivity index (χ3n) is 1.16. The minimum atomic E-state index is -0.276. The topological polar surface area (TPSA) is 84.2 Å². The molecule has 2 amide bonds. The van der Waals surface area contributed by atoms with E-state index < -0.39 is 0 Å². The fourth-order valence-electron chi connectivity index (χ4n) is 0.513. The van der Waals surface area contributed by atoms with Gasteiger partial charge in [0, 0.05) is 19.4 Å². The summed E-state index contributed by atoms with van der Waals surface area (Å²) in [6, 6.07) is 0. The highest BCUT2D eigenvalue weighted by Gasteiger charge is 1.99. The number of amides is 2. The summed E-state index contributed by atoms with van der Waals surface area (Å²) in [6.45, 7) is 2.09. The SMILES string of the molecule is CCC(=O)NCCC(=O)NN.Cl. The van der Waals surface area contributed by atoms with Crippen LogP contribution in [0.5, 0.6) is 0 Å². The van der Waals surface area contributed by atoms with Gasteiger partial charge in [-0.3, -0.25) is 15.0 Å². The molecule has 5 nitrogen and oxygen atoms in total. The molecule has 0 aromatic rings. The number of hydrogen-bond acceptors (Lipinski definition) is 3. The first-order valence-electron chi connectivity index (χ1n) is 3.46. The van der Waals surface area contributed by atoms with Crippen LogP contribution < -0.4 is 16.6 Å². The molecule has 0 spiro atoms. The summed E-state index contributed by atoms with van der Waals surface area (Å²) >= 11 is 0. The second-order valence-electron chi connectivity index (χ2n) is 2.02. The maximum Gasteiger partial charge on any atom is 0.235 e. The Hall–Kier alpha value is -0.810. The van der Waals surface area contributed by atoms with Crippen molar-refractivity contribution in [3.8, 4) is 0 Å². The van der Waals surface area contributed by atoms with E-state index in [4.69, 9.17) is 5.84 Å². The van der Waals surface area contributed by atoms with Gasteiger partial charge in [0.25, 0.3) is 0 Å². The van der Waals surface area contributed by atoms with E-state index >= 15 is 0 Å². The molecular weight excluding hydrogens is 182 g/mol. The molecule has 0 fully saturated rings. The lowest BCUT2D eigenvalue weighted by molar-refractivity contribution is -0.122. The van der Waals surface area contributed by atoms with Crippen molar-refractivity contribution in [2.45, 2.75) is 19.8 Å². The average molecular weight is 196 g/mol. The number of halogens is 1. The number of carbonyl (C=O) groups is 2. The van der Waals surface area contributed by atoms with Crippen molar-refractivity contribution in [2.75, 3.05) is 6.54 Å². The largest absolute Gasteiger partial charge is 0.356 e. The van der Waals surface area contributed by atoms with Gasteiger partial charge >= 0.3 is 0 Å². The highest BCUT2D eigenvalue weighted by atomic mass is 35.5. The fourth-order valence-corrected chi connectivity index (χ4v) is 0.513. The van der Waals surface area contributed by atoms with E-state index in [0.717, 1.165) is 0 Å². The van der Waals surface area contributed by atoms with Crippen LogP contribution in [0.25, 0.3) is 0 Å². The number of nitrogens with one attached hydrogen (secondary N) is 2. The first-order chi connectivity index (χ1) is 5.20. The number of rotatable bonds is 4. The van der Waals surface area contributed by atoms with Crippen LogP contribution in [0.3, 0.4) is 0 Å². The van der Waals surface area contributed by atoms with Crippen LogP contribution in [0.15, 0.2) is 0 Å². The van der Waals surface area contributed by atoms with Gasteiger partial charge < -0.3 is 5.32 Å². The summed E-state index contributed by atoms with van der Waals surface area (Å²) in [7, 11) is 0. The van der Waals surface area contributed by atoms with Gasteiger partial charge in [0.1, 0.15) is 0 Å². The Bertz CT molecular complexity index is 136. The first kappa shape index (κ1) is 13.8. The molecule has 0 rings (SSSR count). The third kappa shape index (κ3) is 7.30. The number of hydrazine groups is 1. The Morgan fingerprint density at radius 2 is 1.92 bits per heavy atom. The van der Waals surface area contributed by atoms with Crippen LogP contribution >= 0.6 is 12.4 Å². The van der Waals surface area contributed by atoms with Crippen molar-refractivity contribution < 1.29 is 9.59 Å². The third-order valence-corrected chi connectivity index (χ3v) is 1.16. The highest BCUT2D eigenvalue weighted by molar-refractivity contribution is 5.85. The normalized spacial score (nSPS) is 8.17. The fraction of sp³-hybridized carbons (Fsp3) is 0.667. The smallest absolute Gasteiger partial charge is 0.235 e. The lowest BCUT2D eigenvalue weighted by Crippen LogP contribution is -2.34. The van der Waals surface area contributed by atoms with Crippen LogP contribution in [0.1, 0.15) is 19.8 Å². The van der Waals surface area contributed by atoms with Gasteiger partial charge in [-0.25, -0.2) is 5.84 Å². The van der Waals surface area contributed by atoms with Crippen molar-refractivity contribution in [3.63, 3.8) is 0 Å². The summed E-state index contributed by atoms with van der Waals surface area (Å²) in [5, 5.41) is 2.54. The molecule has 0 aliphatic heterocycles. The van der Waals surface area contributed by atoms with E-state index in [2.05, 4.69) is 5.32 Å². The number of hydrogen-bond donors (Lipinski definition) is 3. The molecule has 0 saturated heterocycles. The van der Waals surface area contributed by atoms with Gasteiger partial charge in [0.2, 0.25) is 11.8 Å². The summed E-state index contributed by atoms with van der Waals surface area (Å²) in [4.78, 5) is 21.1. The first-order valence-corrected chi connectivity index (χ1v) is 3.46. The maximum atomic E-state index is 10.6. The zero-order valence-electron chi connectivity index (χ0n) is 6.92. The van der Waals surface area contributed by atoms with E-state index in [1.165, 1.54) is 0 Å². The van der Waals surface area contributed by atoms with Crippen LogP contribution in [0.4, 0.5) is 0 Å². The van der Waals surface area contributed by atoms with Crippen molar-refractivity contribution in [3.05, 3.63) is 0 Å². The summed E-state index contributed by atoms with van der Waals surface area (Å²) in [6.07, 6.45) is 0.659. The molecule has 0 heterocycles. The van der Waals surface area contributed by atoms with Crippen LogP contribution in [0, 0.1) is 0 Å². The van der Waals surface area contributed by atoms with Gasteiger partial charge in [-0.1, -0.05) is 6.92 Å². The van der Waals surface area contributed by atoms with Gasteiger partial charge in [-0.05, 0) is 0 Å². The van der Waals surface area contributed by atoms with Crippen LogP contribution in [0.2, 0.25) is 0 Å². The molecule has 0 radical (unpaired) electrons. The molecule has 0 saturated carbocycles. The molecule has 0 aliphatic rings. The van der Waals surface area contributed by atoms with E-state index in [1.807, 2.05) is 5.43 Å². The molecule has 4 N–H and O–H groups in total. The zero-order valence-corrected chi connectivity index (χ0v) is 7.74. The minimum absolute atomic E-state index is 0. The Morgan fingerprint density at radius 1 is 1.33 bits per heavy atom. The molecule has 0 aliphatic carbocycles. The zero-order chi connectivity index (χ0) is 8.69. The van der Waals surface area contributed by atoms with Crippen molar-refractivity contribution in [1.29, 1.82) is 0 Å². The standard InChI is InChI=1S/C6H13N3O2.ClH/c1-2-5(10)8-4-3-6(11)9-7;/h2-4,7H2,1H3,(H,8,10)(H,9,11);1H. The second-order valence-corrected chi connectivity index (χ2v) is 2.02. The molecule has 72 valence electrons. The molecule has 0 unspecified atom stereocenters. The van der Waals surface area contributed by atoms with Gasteiger partial charge in [0.05, 0.1) is 0 Å². The number of carbonyl (C=O) groups excluding carboxylic acids is 2. The maximum absolute atomic E-state index is 10.6.